The summed E-state index contributed by atoms with van der Waals surface area (Å²) in [5.41, 5.74) is 0.699. The maximum absolute atomic E-state index is 12.8. The number of ether oxygens (including phenoxy) is 1. The van der Waals surface area contributed by atoms with E-state index in [2.05, 4.69) is 17.6 Å². The number of nitrogens with one attached hydrogen (secondary N) is 2. The second-order valence-corrected chi connectivity index (χ2v) is 7.46. The highest BCUT2D eigenvalue weighted by Gasteiger charge is 2.32. The Morgan fingerprint density at radius 3 is 2.42 bits per heavy atom. The smallest absolute Gasteiger partial charge is 0.247 e. The van der Waals surface area contributed by atoms with Gasteiger partial charge in [-0.15, -0.1) is 0 Å². The highest BCUT2D eigenvalue weighted by Crippen LogP contribution is 2.30. The van der Waals surface area contributed by atoms with Crippen LogP contribution in [-0.4, -0.2) is 25.0 Å². The van der Waals surface area contributed by atoms with E-state index in [-0.39, 0.29) is 23.7 Å². The van der Waals surface area contributed by atoms with Crippen molar-refractivity contribution in [3.05, 3.63) is 24.3 Å². The first-order valence-corrected chi connectivity index (χ1v) is 9.71. The third-order valence-corrected chi connectivity index (χ3v) is 5.60. The number of hydrogen-bond acceptors (Lipinski definition) is 3. The lowest BCUT2D eigenvalue weighted by atomic mass is 9.79. The molecule has 2 rings (SSSR count). The standard InChI is InChI=1S/C21H32N2O3/c1-5-14(2)19(23-20(24)18-9-7-6-8-15(18)3)21(25)22-16-10-12-17(26-4)13-11-16/h10-15,18-19H,5-9H2,1-4H3,(H,22,25)(H,23,24). The minimum Gasteiger partial charge on any atom is -0.497 e. The molecule has 0 spiro atoms. The Bertz CT molecular complexity index is 600. The van der Waals surface area contributed by atoms with Crippen LogP contribution in [0.2, 0.25) is 0 Å². The molecule has 1 fully saturated rings. The fraction of sp³-hybridized carbons (Fsp3) is 0.619. The molecule has 4 atom stereocenters. The molecule has 1 aromatic carbocycles. The molecular formula is C21H32N2O3. The highest BCUT2D eigenvalue weighted by atomic mass is 16.5. The van der Waals surface area contributed by atoms with Crippen LogP contribution in [-0.2, 0) is 9.59 Å². The molecule has 0 bridgehead atoms. The van der Waals surface area contributed by atoms with Gasteiger partial charge in [-0.3, -0.25) is 9.59 Å². The average molecular weight is 360 g/mol. The van der Waals surface area contributed by atoms with Crippen LogP contribution in [0.3, 0.4) is 0 Å². The molecule has 5 heteroatoms. The van der Waals surface area contributed by atoms with Crippen molar-refractivity contribution in [1.82, 2.24) is 5.32 Å². The fourth-order valence-electron chi connectivity index (χ4n) is 3.56. The van der Waals surface area contributed by atoms with Gasteiger partial charge in [0.15, 0.2) is 0 Å². The predicted molar refractivity (Wildman–Crippen MR) is 104 cm³/mol. The van der Waals surface area contributed by atoms with E-state index in [1.54, 1.807) is 31.4 Å². The lowest BCUT2D eigenvalue weighted by Crippen LogP contribution is -2.50. The van der Waals surface area contributed by atoms with Gasteiger partial charge in [-0.25, -0.2) is 0 Å². The van der Waals surface area contributed by atoms with Crippen molar-refractivity contribution in [2.24, 2.45) is 17.8 Å². The Hall–Kier alpha value is -2.04. The Morgan fingerprint density at radius 2 is 1.85 bits per heavy atom. The first-order valence-electron chi connectivity index (χ1n) is 9.71. The quantitative estimate of drug-likeness (QED) is 0.772. The molecular weight excluding hydrogens is 328 g/mol. The average Bonchev–Trinajstić information content (AvgIpc) is 2.66. The summed E-state index contributed by atoms with van der Waals surface area (Å²) in [5.74, 6) is 1.06. The molecule has 2 N–H and O–H groups in total. The van der Waals surface area contributed by atoms with E-state index in [9.17, 15) is 9.59 Å². The minimum absolute atomic E-state index is 0.0177. The molecule has 144 valence electrons. The predicted octanol–water partition coefficient (Wildman–Crippen LogP) is 3.99. The lowest BCUT2D eigenvalue weighted by molar-refractivity contribution is -0.132. The van der Waals surface area contributed by atoms with Crippen LogP contribution in [0.1, 0.15) is 52.9 Å². The zero-order chi connectivity index (χ0) is 19.1. The summed E-state index contributed by atoms with van der Waals surface area (Å²) in [6, 6.07) is 6.68. The number of benzene rings is 1. The number of carbonyl (C=O) groups excluding carboxylic acids is 2. The lowest BCUT2D eigenvalue weighted by Gasteiger charge is -2.31. The Labute approximate surface area is 156 Å². The van der Waals surface area contributed by atoms with E-state index in [4.69, 9.17) is 4.74 Å². The first kappa shape index (κ1) is 20.3. The van der Waals surface area contributed by atoms with Crippen LogP contribution >= 0.6 is 0 Å². The summed E-state index contributed by atoms with van der Waals surface area (Å²) in [6.45, 7) is 6.18. The Balaban J connectivity index is 2.05. The van der Waals surface area contributed by atoms with Gasteiger partial charge in [0.05, 0.1) is 7.11 Å². The van der Waals surface area contributed by atoms with E-state index < -0.39 is 6.04 Å². The monoisotopic (exact) mass is 360 g/mol. The molecule has 5 nitrogen and oxygen atoms in total. The van der Waals surface area contributed by atoms with Gasteiger partial charge < -0.3 is 15.4 Å². The van der Waals surface area contributed by atoms with E-state index in [1.165, 1.54) is 6.42 Å². The van der Waals surface area contributed by atoms with Crippen molar-refractivity contribution in [2.45, 2.75) is 58.9 Å². The molecule has 1 aliphatic carbocycles. The molecule has 4 unspecified atom stereocenters. The summed E-state index contributed by atoms with van der Waals surface area (Å²) >= 11 is 0. The number of rotatable bonds is 7. The van der Waals surface area contributed by atoms with Crippen LogP contribution < -0.4 is 15.4 Å². The summed E-state index contributed by atoms with van der Waals surface area (Å²) in [6.07, 6.45) is 5.11. The van der Waals surface area contributed by atoms with Crippen LogP contribution in [0.5, 0.6) is 5.75 Å². The van der Waals surface area contributed by atoms with E-state index in [1.807, 2.05) is 13.8 Å². The van der Waals surface area contributed by atoms with E-state index in [0.29, 0.717) is 11.6 Å². The van der Waals surface area contributed by atoms with Crippen molar-refractivity contribution in [1.29, 1.82) is 0 Å². The third-order valence-electron chi connectivity index (χ3n) is 5.60. The summed E-state index contributed by atoms with van der Waals surface area (Å²) in [4.78, 5) is 25.6. The van der Waals surface area contributed by atoms with Crippen molar-refractivity contribution in [3.63, 3.8) is 0 Å². The molecule has 0 aliphatic heterocycles. The summed E-state index contributed by atoms with van der Waals surface area (Å²) in [7, 11) is 1.61. The van der Waals surface area contributed by atoms with E-state index >= 15 is 0 Å². The number of hydrogen-bond donors (Lipinski definition) is 2. The maximum Gasteiger partial charge on any atom is 0.247 e. The zero-order valence-corrected chi connectivity index (χ0v) is 16.4. The van der Waals surface area contributed by atoms with Gasteiger partial charge in [-0.1, -0.05) is 40.0 Å². The molecule has 0 aromatic heterocycles. The van der Waals surface area contributed by atoms with Crippen LogP contribution in [0.15, 0.2) is 24.3 Å². The molecule has 1 aromatic rings. The van der Waals surface area contributed by atoms with Gasteiger partial charge in [0.25, 0.3) is 0 Å². The molecule has 0 heterocycles. The van der Waals surface area contributed by atoms with Gasteiger partial charge in [-0.05, 0) is 48.9 Å². The minimum atomic E-state index is -0.524. The van der Waals surface area contributed by atoms with Crippen molar-refractivity contribution in [2.75, 3.05) is 12.4 Å². The normalized spacial score (nSPS) is 22.2. The van der Waals surface area contributed by atoms with Gasteiger partial charge >= 0.3 is 0 Å². The summed E-state index contributed by atoms with van der Waals surface area (Å²) in [5, 5.41) is 5.95. The number of carbonyl (C=O) groups is 2. The highest BCUT2D eigenvalue weighted by molar-refractivity contribution is 5.97. The Kier molecular flexibility index (Phi) is 7.49. The summed E-state index contributed by atoms with van der Waals surface area (Å²) < 4.78 is 5.14. The molecule has 1 saturated carbocycles. The van der Waals surface area contributed by atoms with Crippen LogP contribution in [0, 0.1) is 17.8 Å². The molecule has 0 saturated heterocycles. The molecule has 0 radical (unpaired) electrons. The van der Waals surface area contributed by atoms with Gasteiger partial charge in [-0.2, -0.15) is 0 Å². The molecule has 2 amide bonds. The fourth-order valence-corrected chi connectivity index (χ4v) is 3.56. The van der Waals surface area contributed by atoms with Crippen LogP contribution in [0.4, 0.5) is 5.69 Å². The SMILES string of the molecule is CCC(C)C(NC(=O)C1CCCCC1C)C(=O)Nc1ccc(OC)cc1. The maximum atomic E-state index is 12.8. The van der Waals surface area contributed by atoms with E-state index in [0.717, 1.165) is 31.4 Å². The second kappa shape index (κ2) is 9.60. The van der Waals surface area contributed by atoms with Crippen molar-refractivity contribution in [3.8, 4) is 5.75 Å². The topological polar surface area (TPSA) is 67.4 Å². The van der Waals surface area contributed by atoms with Crippen molar-refractivity contribution < 1.29 is 14.3 Å². The van der Waals surface area contributed by atoms with Gasteiger partial charge in [0.1, 0.15) is 11.8 Å². The number of anilines is 1. The number of methoxy groups -OCH3 is 1. The van der Waals surface area contributed by atoms with Gasteiger partial charge in [0, 0.05) is 11.6 Å². The van der Waals surface area contributed by atoms with Crippen LogP contribution in [0.25, 0.3) is 0 Å². The van der Waals surface area contributed by atoms with Crippen molar-refractivity contribution >= 4 is 17.5 Å². The Morgan fingerprint density at radius 1 is 1.19 bits per heavy atom. The zero-order valence-electron chi connectivity index (χ0n) is 16.4. The second-order valence-electron chi connectivity index (χ2n) is 7.46. The molecule has 1 aliphatic rings. The number of amides is 2. The largest absolute Gasteiger partial charge is 0.497 e. The third kappa shape index (κ3) is 5.23. The van der Waals surface area contributed by atoms with Gasteiger partial charge in [0.2, 0.25) is 11.8 Å². The first-order chi connectivity index (χ1) is 12.5. The molecule has 26 heavy (non-hydrogen) atoms.